The van der Waals surface area contributed by atoms with Crippen molar-refractivity contribution in [3.8, 4) is 29.7 Å². The molecule has 1 saturated heterocycles. The number of halogens is 1. The number of benzene rings is 2. The Morgan fingerprint density at radius 2 is 2.03 bits per heavy atom. The summed E-state index contributed by atoms with van der Waals surface area (Å²) in [7, 11) is 0. The molecule has 36 heavy (non-hydrogen) atoms. The number of nitrogens with zero attached hydrogens (tertiary/aromatic N) is 3. The van der Waals surface area contributed by atoms with Crippen LogP contribution in [-0.4, -0.2) is 64.9 Å². The van der Waals surface area contributed by atoms with Crippen molar-refractivity contribution in [1.29, 1.82) is 0 Å². The van der Waals surface area contributed by atoms with Gasteiger partial charge in [0.15, 0.2) is 0 Å². The maximum atomic E-state index is 10.6. The highest BCUT2D eigenvalue weighted by atomic mass is 35.5. The summed E-state index contributed by atoms with van der Waals surface area (Å²) in [6.45, 7) is 4.63. The molecule has 1 N–H and O–H groups in total. The van der Waals surface area contributed by atoms with Crippen molar-refractivity contribution in [2.75, 3.05) is 32.9 Å². The Kier molecular flexibility index (Phi) is 9.40. The Balaban J connectivity index is 1.65. The highest BCUT2D eigenvalue weighted by Gasteiger charge is 2.26. The van der Waals surface area contributed by atoms with E-state index in [2.05, 4.69) is 10.8 Å². The highest BCUT2D eigenvalue weighted by molar-refractivity contribution is 6.32. The molecule has 7 nitrogen and oxygen atoms in total. The van der Waals surface area contributed by atoms with E-state index in [0.717, 1.165) is 36.4 Å². The van der Waals surface area contributed by atoms with Gasteiger partial charge in [-0.3, -0.25) is 4.90 Å². The molecule has 0 saturated carbocycles. The van der Waals surface area contributed by atoms with Gasteiger partial charge in [-0.15, -0.1) is 6.42 Å². The van der Waals surface area contributed by atoms with Crippen molar-refractivity contribution in [2.45, 2.75) is 38.5 Å². The van der Waals surface area contributed by atoms with Gasteiger partial charge in [0, 0.05) is 26.2 Å². The van der Waals surface area contributed by atoms with Gasteiger partial charge < -0.3 is 19.3 Å². The second-order valence-corrected chi connectivity index (χ2v) is 9.26. The van der Waals surface area contributed by atoms with Crippen LogP contribution in [0, 0.1) is 19.3 Å². The van der Waals surface area contributed by atoms with E-state index >= 15 is 0 Å². The number of hydrogen-bond donors (Lipinski definition) is 1. The Morgan fingerprint density at radius 1 is 1.25 bits per heavy atom. The number of aromatic nitrogens is 2. The molecular weight excluding hydrogens is 478 g/mol. The van der Waals surface area contributed by atoms with Crippen LogP contribution in [0.3, 0.4) is 0 Å². The summed E-state index contributed by atoms with van der Waals surface area (Å²) in [4.78, 5) is 2.17. The van der Waals surface area contributed by atoms with Crippen LogP contribution in [-0.2, 0) is 16.0 Å². The number of rotatable bonds is 12. The number of terminal acetylenes is 1. The first-order valence-corrected chi connectivity index (χ1v) is 12.5. The predicted octanol–water partition coefficient (Wildman–Crippen LogP) is 4.62. The van der Waals surface area contributed by atoms with E-state index in [1.807, 2.05) is 55.5 Å². The minimum absolute atomic E-state index is 0.112. The van der Waals surface area contributed by atoms with Crippen molar-refractivity contribution in [3.63, 3.8) is 0 Å². The summed E-state index contributed by atoms with van der Waals surface area (Å²) in [6.07, 6.45) is 6.71. The Bertz CT molecular complexity index is 1160. The van der Waals surface area contributed by atoms with E-state index < -0.39 is 6.10 Å². The van der Waals surface area contributed by atoms with Gasteiger partial charge in [-0.2, -0.15) is 5.10 Å². The van der Waals surface area contributed by atoms with E-state index in [1.54, 1.807) is 10.7 Å². The van der Waals surface area contributed by atoms with Crippen LogP contribution in [0.1, 0.15) is 24.1 Å². The normalized spacial score (nSPS) is 16.2. The molecule has 4 rings (SSSR count). The molecule has 1 aliphatic rings. The number of aliphatic hydroxyl groups excluding tert-OH is 1. The maximum absolute atomic E-state index is 10.6. The van der Waals surface area contributed by atoms with Gasteiger partial charge in [0.25, 0.3) is 0 Å². The second-order valence-electron chi connectivity index (χ2n) is 8.85. The van der Waals surface area contributed by atoms with E-state index in [0.29, 0.717) is 36.3 Å². The number of aliphatic hydroxyl groups is 1. The average molecular weight is 510 g/mol. The van der Waals surface area contributed by atoms with Crippen LogP contribution in [0.25, 0.3) is 5.69 Å². The van der Waals surface area contributed by atoms with Gasteiger partial charge in [0.1, 0.15) is 12.4 Å². The SMILES string of the molecule is C#CCOC[C@@H](O)CN(Cc1c(C)nn(-c2ccccc2)c1Oc1ccccc1Cl)C[C@H]1CCCO1. The van der Waals surface area contributed by atoms with Crippen LogP contribution >= 0.6 is 11.6 Å². The summed E-state index contributed by atoms with van der Waals surface area (Å²) < 4.78 is 19.5. The molecule has 190 valence electrons. The Labute approximate surface area is 217 Å². The van der Waals surface area contributed by atoms with E-state index in [1.165, 1.54) is 0 Å². The molecule has 1 aromatic heterocycles. The van der Waals surface area contributed by atoms with Gasteiger partial charge in [-0.1, -0.05) is 47.9 Å². The maximum Gasteiger partial charge on any atom is 0.227 e. The molecule has 0 amide bonds. The molecule has 8 heteroatoms. The lowest BCUT2D eigenvalue weighted by atomic mass is 10.1. The predicted molar refractivity (Wildman–Crippen MR) is 140 cm³/mol. The molecular formula is C28H32ClN3O4. The molecule has 3 aromatic rings. The van der Waals surface area contributed by atoms with E-state index in [9.17, 15) is 5.11 Å². The van der Waals surface area contributed by atoms with Crippen LogP contribution in [0.15, 0.2) is 54.6 Å². The molecule has 0 unspecified atom stereocenters. The van der Waals surface area contributed by atoms with Crippen molar-refractivity contribution < 1.29 is 19.3 Å². The summed E-state index contributed by atoms with van der Waals surface area (Å²) >= 11 is 6.44. The van der Waals surface area contributed by atoms with Crippen LogP contribution in [0.5, 0.6) is 11.6 Å². The lowest BCUT2D eigenvalue weighted by molar-refractivity contribution is 0.00935. The standard InChI is InChI=1S/C28H32ClN3O4/c1-3-15-34-20-23(33)17-31(18-24-12-9-16-35-24)19-25-21(2)30-32(22-10-5-4-6-11-22)28(25)36-27-14-8-7-13-26(27)29/h1,4-8,10-11,13-14,23-24,33H,9,12,15-20H2,2H3/t23-,24+/m0/s1. The smallest absolute Gasteiger partial charge is 0.227 e. The quantitative estimate of drug-likeness (QED) is 0.284. The molecule has 1 aliphatic heterocycles. The lowest BCUT2D eigenvalue weighted by Gasteiger charge is -2.27. The Morgan fingerprint density at radius 3 is 2.75 bits per heavy atom. The second kappa shape index (κ2) is 12.9. The molecule has 2 heterocycles. The average Bonchev–Trinajstić information content (AvgIpc) is 3.49. The topological polar surface area (TPSA) is 69.0 Å². The minimum Gasteiger partial charge on any atom is -0.437 e. The molecule has 2 atom stereocenters. The first-order chi connectivity index (χ1) is 17.5. The third-order valence-electron chi connectivity index (χ3n) is 6.01. The Hall–Kier alpha value is -2.86. The third-order valence-corrected chi connectivity index (χ3v) is 6.33. The zero-order valence-electron chi connectivity index (χ0n) is 20.5. The number of aryl methyl sites for hydroxylation is 1. The highest BCUT2D eigenvalue weighted by Crippen LogP contribution is 2.35. The molecule has 2 aromatic carbocycles. The van der Waals surface area contributed by atoms with Gasteiger partial charge >= 0.3 is 0 Å². The van der Waals surface area contributed by atoms with Crippen molar-refractivity contribution in [2.24, 2.45) is 0 Å². The summed E-state index contributed by atoms with van der Waals surface area (Å²) in [5, 5.41) is 16.0. The van der Waals surface area contributed by atoms with Gasteiger partial charge in [0.05, 0.1) is 40.8 Å². The molecule has 1 fully saturated rings. The lowest BCUT2D eigenvalue weighted by Crippen LogP contribution is -2.39. The van der Waals surface area contributed by atoms with E-state index in [-0.39, 0.29) is 19.3 Å². The summed E-state index contributed by atoms with van der Waals surface area (Å²) in [6, 6.07) is 17.2. The summed E-state index contributed by atoms with van der Waals surface area (Å²) in [5.74, 6) is 3.56. The number of ether oxygens (including phenoxy) is 3. The first-order valence-electron chi connectivity index (χ1n) is 12.1. The minimum atomic E-state index is -0.697. The molecule has 0 spiro atoms. The molecule has 0 radical (unpaired) electrons. The number of hydrogen-bond acceptors (Lipinski definition) is 6. The van der Waals surface area contributed by atoms with Crippen LogP contribution in [0.4, 0.5) is 0 Å². The van der Waals surface area contributed by atoms with Crippen LogP contribution in [0.2, 0.25) is 5.02 Å². The first kappa shape index (κ1) is 26.2. The summed E-state index contributed by atoms with van der Waals surface area (Å²) in [5.41, 5.74) is 2.62. The number of para-hydroxylation sites is 2. The van der Waals surface area contributed by atoms with Crippen molar-refractivity contribution in [3.05, 3.63) is 70.9 Å². The fourth-order valence-electron chi connectivity index (χ4n) is 4.31. The van der Waals surface area contributed by atoms with Crippen LogP contribution < -0.4 is 4.74 Å². The van der Waals surface area contributed by atoms with Crippen molar-refractivity contribution in [1.82, 2.24) is 14.7 Å². The van der Waals surface area contributed by atoms with E-state index in [4.69, 9.17) is 37.3 Å². The molecule has 0 bridgehead atoms. The van der Waals surface area contributed by atoms with Gasteiger partial charge in [-0.05, 0) is 44.0 Å². The fraction of sp³-hybridized carbons (Fsp3) is 0.393. The monoisotopic (exact) mass is 509 g/mol. The van der Waals surface area contributed by atoms with Gasteiger partial charge in [0.2, 0.25) is 5.88 Å². The zero-order valence-corrected chi connectivity index (χ0v) is 21.2. The van der Waals surface area contributed by atoms with Crippen molar-refractivity contribution >= 4 is 11.6 Å². The largest absolute Gasteiger partial charge is 0.437 e. The third kappa shape index (κ3) is 6.88. The zero-order chi connectivity index (χ0) is 25.3. The van der Waals surface area contributed by atoms with Gasteiger partial charge in [-0.25, -0.2) is 4.68 Å². The molecule has 0 aliphatic carbocycles. The fourth-order valence-corrected chi connectivity index (χ4v) is 4.48.